The fourth-order valence-corrected chi connectivity index (χ4v) is 22.7. The topological polar surface area (TPSA) is 443 Å². The van der Waals surface area contributed by atoms with E-state index in [1.165, 1.54) is 59.1 Å². The number of aromatic nitrogens is 15. The number of anilines is 2. The van der Waals surface area contributed by atoms with Gasteiger partial charge in [-0.3, -0.25) is 42.2 Å². The lowest BCUT2D eigenvalue weighted by Gasteiger charge is -2.23. The van der Waals surface area contributed by atoms with Crippen LogP contribution < -0.4 is 38.4 Å². The Hall–Kier alpha value is -12.3. The Kier molecular flexibility index (Phi) is 39.2. The maximum absolute atomic E-state index is 13.2. The van der Waals surface area contributed by atoms with Gasteiger partial charge in [0.2, 0.25) is 26.9 Å². The molecular weight excluding hydrogens is 2200 g/mol. The lowest BCUT2D eigenvalue weighted by atomic mass is 10.1. The van der Waals surface area contributed by atoms with Gasteiger partial charge in [-0.25, -0.2) is 51.7 Å². The SMILES string of the molecule is O=c1[nH]c2nc(SCc3ccccc3)ncc2cc1-c1ccccc1Cl.O=c1c(-c2ccccc2Cl)cc2cnc(NC3CCS(=O)(=O)CC3)nc2n1CCO.O=c1c(-c2ccccc2Cl)cc2cnc(NC3CCSCC3)nc2n1CCO.O=c1c(-c2ccccc2Cl)cc2cnc(S(=O)(=O)Cc3ccccc3)nc2n1CCO.O=c1c(-c2ccccc2Cl)cc2cnc(SCc3ccccc3)nc2n1CCO.OCCI. The number of alkyl halides is 1. The number of hydrogen-bond acceptors (Lipinski definition) is 29. The van der Waals surface area contributed by atoms with Crippen LogP contribution in [0.4, 0.5) is 11.9 Å². The van der Waals surface area contributed by atoms with Crippen molar-refractivity contribution in [3.8, 4) is 55.6 Å². The molecule has 31 nitrogen and oxygen atoms in total. The zero-order valence-corrected chi connectivity index (χ0v) is 89.0. The smallest absolute Gasteiger partial charge is 0.260 e. The van der Waals surface area contributed by atoms with Gasteiger partial charge in [0.15, 0.2) is 10.3 Å². The third-order valence-electron chi connectivity index (χ3n) is 23.4. The standard InChI is InChI=1S/C22H18ClN3O4S.C22H18ClN3O2S.C20H21ClN4O4S.C20H21ClN4O2S.C20H14ClN3OS.C2H5IO/c23-19-9-5-4-8-17(19)18-12-16-13-24-22(25-20(16)26(10-11-27)21(18)28)31(29,30)14-15-6-2-1-3-7-15;23-19-9-5-4-8-17(19)18-12-16-13-24-22(29-14-15-6-2-1-3-7-15)25-20(16)26(10-11-27)21(18)28;21-17-4-2-1-3-15(17)16-11-13-12-22-20(23-14-5-9-30(28,29)10-6-14)24-18(13)25(7-8-26)19(16)27;21-17-4-2-1-3-15(17)16-11-13-12-22-20(23-14-5-9-28-10-6-14)24-18(13)25(7-8-26)19(16)27;21-17-9-5-4-8-15(17)16-10-14-11-22-20(24-18(14)23-19(16)25)26-12-13-6-2-1-3-7-13;3-1-2-4/h1-9,12-13,27H,10-11,14H2;1-9,12-13,27H,10-11,14H2;1-4,11-12,14,26H,5-10H2,(H,22,23,24);1-4,11-12,14,26H,5-10H2,(H,22,23,24);1-11H,12H2,(H,22,23,24,25);4H,1-2H2. The largest absolute Gasteiger partial charge is 0.396 e. The first-order valence-electron chi connectivity index (χ1n) is 46.5. The number of aliphatic hydroxyl groups is 5. The van der Waals surface area contributed by atoms with Gasteiger partial charge in [0, 0.05) is 167 Å². The van der Waals surface area contributed by atoms with Gasteiger partial charge < -0.3 is 41.2 Å². The van der Waals surface area contributed by atoms with Crippen LogP contribution >= 0.6 is 116 Å². The Morgan fingerprint density at radius 1 is 0.378 bits per heavy atom. The summed E-state index contributed by atoms with van der Waals surface area (Å²) in [7, 11) is -6.80. The first-order valence-corrected chi connectivity index (χ1v) is 56.5. The van der Waals surface area contributed by atoms with Crippen LogP contribution in [0.2, 0.25) is 25.1 Å². The summed E-state index contributed by atoms with van der Waals surface area (Å²) in [6, 6.07) is 73.5. The Bertz CT molecular complexity index is 8330. The molecule has 0 bridgehead atoms. The summed E-state index contributed by atoms with van der Waals surface area (Å²) in [4.78, 5) is 112. The lowest BCUT2D eigenvalue weighted by molar-refractivity contribution is 0.276. The zero-order chi connectivity index (χ0) is 104. The molecule has 20 rings (SSSR count). The van der Waals surface area contributed by atoms with Crippen LogP contribution in [0.15, 0.2) is 313 Å². The van der Waals surface area contributed by atoms with Crippen LogP contribution in [-0.4, -0.2) is 188 Å². The predicted octanol–water partition coefficient (Wildman–Crippen LogP) is 18.3. The van der Waals surface area contributed by atoms with Gasteiger partial charge in [0.1, 0.15) is 38.1 Å². The molecular formula is C106H97Cl5IN17O14S5. The van der Waals surface area contributed by atoms with Crippen LogP contribution in [0.1, 0.15) is 42.4 Å². The second-order valence-electron chi connectivity index (χ2n) is 33.4. The summed E-state index contributed by atoms with van der Waals surface area (Å²) in [5.74, 6) is 4.60. The van der Waals surface area contributed by atoms with Gasteiger partial charge in [0.05, 0.1) is 76.5 Å². The van der Waals surface area contributed by atoms with Crippen LogP contribution in [-0.2, 0) is 63.1 Å². The van der Waals surface area contributed by atoms with E-state index in [9.17, 15) is 61.2 Å². The Morgan fingerprint density at radius 3 is 1.06 bits per heavy atom. The van der Waals surface area contributed by atoms with E-state index in [-0.39, 0.29) is 109 Å². The number of aromatic amines is 1. The molecule has 0 spiro atoms. The highest BCUT2D eigenvalue weighted by atomic mass is 127. The average molecular weight is 2300 g/mol. The highest BCUT2D eigenvalue weighted by Crippen LogP contribution is 2.36. The third-order valence-corrected chi connectivity index (χ3v) is 31.6. The highest BCUT2D eigenvalue weighted by molar-refractivity contribution is 14.1. The van der Waals surface area contributed by atoms with Gasteiger partial charge in [-0.2, -0.15) is 26.7 Å². The number of nitrogens with zero attached hydrogens (tertiary/aromatic N) is 14. The molecule has 8 N–H and O–H groups in total. The molecule has 0 radical (unpaired) electrons. The molecule has 2 aliphatic heterocycles. The summed E-state index contributed by atoms with van der Waals surface area (Å²) in [5, 5.41) is 59.0. The van der Waals surface area contributed by atoms with E-state index in [2.05, 4.69) is 100 Å². The van der Waals surface area contributed by atoms with Crippen molar-refractivity contribution in [1.82, 2.24) is 73.1 Å². The molecule has 18 aromatic rings. The number of pyridine rings is 5. The molecule has 0 saturated carbocycles. The normalized spacial score (nSPS) is 13.0. The molecule has 0 amide bonds. The molecule has 10 aromatic heterocycles. The lowest BCUT2D eigenvalue weighted by Crippen LogP contribution is -2.32. The molecule has 0 unspecified atom stereocenters. The van der Waals surface area contributed by atoms with E-state index in [0.717, 1.165) is 56.4 Å². The van der Waals surface area contributed by atoms with Gasteiger partial charge in [-0.15, -0.1) is 0 Å². The van der Waals surface area contributed by atoms with Gasteiger partial charge in [-0.05, 0) is 115 Å². The minimum absolute atomic E-state index is 0.0496. The van der Waals surface area contributed by atoms with Gasteiger partial charge in [-0.1, -0.05) is 286 Å². The Labute approximate surface area is 900 Å². The fraction of sp³-hybridized carbons (Fsp3) is 0.217. The van der Waals surface area contributed by atoms with E-state index in [1.54, 1.807) is 158 Å². The monoisotopic (exact) mass is 2290 g/mol. The fourth-order valence-electron chi connectivity index (χ4n) is 16.2. The number of nitrogens with one attached hydrogen (secondary N) is 3. The number of H-pyrrole nitrogens is 1. The summed E-state index contributed by atoms with van der Waals surface area (Å²) in [6.07, 6.45) is 11.2. The van der Waals surface area contributed by atoms with Crippen molar-refractivity contribution >= 4 is 203 Å². The maximum Gasteiger partial charge on any atom is 0.260 e. The van der Waals surface area contributed by atoms with Gasteiger partial charge >= 0.3 is 0 Å². The Balaban J connectivity index is 0.000000137. The average Bonchev–Trinajstić information content (AvgIpc) is 0.771. The Morgan fingerprint density at radius 2 is 0.689 bits per heavy atom. The predicted molar refractivity (Wildman–Crippen MR) is 601 cm³/mol. The molecule has 762 valence electrons. The number of fused-ring (bicyclic) bond motifs is 5. The number of hydrogen-bond donors (Lipinski definition) is 8. The van der Waals surface area contributed by atoms with Crippen LogP contribution in [0.3, 0.4) is 0 Å². The van der Waals surface area contributed by atoms with E-state index in [4.69, 9.17) is 63.1 Å². The number of thioether (sulfide) groups is 3. The van der Waals surface area contributed by atoms with E-state index < -0.39 is 25.2 Å². The molecule has 42 heteroatoms. The van der Waals surface area contributed by atoms with Crippen molar-refractivity contribution in [2.24, 2.45) is 0 Å². The minimum atomic E-state index is -3.84. The molecule has 0 atom stereocenters. The number of benzene rings is 8. The van der Waals surface area contributed by atoms with Crippen molar-refractivity contribution < 1.29 is 42.4 Å². The first kappa shape index (κ1) is 110. The van der Waals surface area contributed by atoms with Crippen molar-refractivity contribution in [3.63, 3.8) is 0 Å². The number of halogens is 6. The summed E-state index contributed by atoms with van der Waals surface area (Å²) < 4.78 is 55.4. The molecule has 8 aromatic carbocycles. The van der Waals surface area contributed by atoms with E-state index in [0.29, 0.717) is 167 Å². The van der Waals surface area contributed by atoms with E-state index >= 15 is 0 Å². The molecule has 0 aliphatic carbocycles. The summed E-state index contributed by atoms with van der Waals surface area (Å²) >= 11 is 38.5. The molecule has 2 fully saturated rings. The number of sulfone groups is 2. The highest BCUT2D eigenvalue weighted by Gasteiger charge is 2.28. The van der Waals surface area contributed by atoms with Crippen molar-refractivity contribution in [2.45, 2.75) is 96.7 Å². The van der Waals surface area contributed by atoms with Crippen LogP contribution in [0.5, 0.6) is 0 Å². The quantitative estimate of drug-likeness (QED) is 0.0103. The number of rotatable bonds is 27. The molecule has 2 aliphatic rings. The second-order valence-corrected chi connectivity index (χ2v) is 43.8. The minimum Gasteiger partial charge on any atom is -0.396 e. The zero-order valence-electron chi connectivity index (χ0n) is 79.0. The third kappa shape index (κ3) is 28.1. The first-order chi connectivity index (χ1) is 71.7. The summed E-state index contributed by atoms with van der Waals surface area (Å²) in [5.41, 5.74) is 8.92. The van der Waals surface area contributed by atoms with E-state index in [1.807, 2.05) is 109 Å². The molecule has 148 heavy (non-hydrogen) atoms. The van der Waals surface area contributed by atoms with Crippen LogP contribution in [0, 0.1) is 0 Å². The van der Waals surface area contributed by atoms with Crippen LogP contribution in [0.25, 0.3) is 111 Å². The molecule has 2 saturated heterocycles. The summed E-state index contributed by atoms with van der Waals surface area (Å²) in [6.45, 7) is -0.247. The number of aliphatic hydroxyl groups excluding tert-OH is 5. The van der Waals surface area contributed by atoms with Crippen molar-refractivity contribution in [3.05, 3.63) is 367 Å². The molecule has 12 heterocycles. The van der Waals surface area contributed by atoms with Crippen molar-refractivity contribution in [1.29, 1.82) is 0 Å². The maximum atomic E-state index is 13.2. The van der Waals surface area contributed by atoms with Crippen molar-refractivity contribution in [2.75, 3.05) is 71.1 Å². The van der Waals surface area contributed by atoms with Gasteiger partial charge in [0.25, 0.3) is 27.8 Å². The second kappa shape index (κ2) is 52.8.